The van der Waals surface area contributed by atoms with Gasteiger partial charge in [0.15, 0.2) is 18.1 Å². The molecule has 0 aromatic heterocycles. The number of hydrogen-bond donors (Lipinski definition) is 1. The van der Waals surface area contributed by atoms with Crippen molar-refractivity contribution < 1.29 is 19.1 Å². The number of carbonyl (C=O) groups is 1. The summed E-state index contributed by atoms with van der Waals surface area (Å²) in [6.07, 6.45) is 2.29. The molecule has 0 atom stereocenters. The summed E-state index contributed by atoms with van der Waals surface area (Å²) in [6, 6.07) is 15.3. The van der Waals surface area contributed by atoms with E-state index < -0.39 is 0 Å². The Hall–Kier alpha value is -3.02. The van der Waals surface area contributed by atoms with Crippen molar-refractivity contribution in [2.24, 2.45) is 5.16 Å². The van der Waals surface area contributed by atoms with E-state index in [2.05, 4.69) is 10.5 Å². The molecular formula is C19H22N2O4. The van der Waals surface area contributed by atoms with Gasteiger partial charge in [-0.05, 0) is 30.2 Å². The number of ether oxygens (including phenoxy) is 2. The molecule has 0 unspecified atom stereocenters. The molecular weight excluding hydrogens is 320 g/mol. The lowest BCUT2D eigenvalue weighted by atomic mass is 10.1. The van der Waals surface area contributed by atoms with Gasteiger partial charge in [-0.1, -0.05) is 35.5 Å². The van der Waals surface area contributed by atoms with Crippen LogP contribution < -0.4 is 14.8 Å². The molecule has 132 valence electrons. The number of nitrogens with one attached hydrogen (secondary N) is 1. The van der Waals surface area contributed by atoms with Gasteiger partial charge in [-0.25, -0.2) is 0 Å². The minimum atomic E-state index is -0.208. The van der Waals surface area contributed by atoms with Crippen LogP contribution in [0.15, 0.2) is 53.7 Å². The van der Waals surface area contributed by atoms with E-state index in [1.165, 1.54) is 11.8 Å². The van der Waals surface area contributed by atoms with E-state index in [1.54, 1.807) is 26.4 Å². The SMILES string of the molecule is COc1ccc(/C=N\OCC(=O)NCCc2ccccc2)cc1OC. The summed E-state index contributed by atoms with van der Waals surface area (Å²) in [5, 5.41) is 6.59. The third-order valence-corrected chi connectivity index (χ3v) is 3.46. The Bertz CT molecular complexity index is 702. The minimum Gasteiger partial charge on any atom is -0.493 e. The molecule has 0 saturated carbocycles. The van der Waals surface area contributed by atoms with Gasteiger partial charge in [-0.3, -0.25) is 4.79 Å². The predicted molar refractivity (Wildman–Crippen MR) is 96.2 cm³/mol. The molecule has 1 N–H and O–H groups in total. The molecule has 0 bridgehead atoms. The van der Waals surface area contributed by atoms with Crippen LogP contribution in [0.3, 0.4) is 0 Å². The molecule has 0 aliphatic carbocycles. The van der Waals surface area contributed by atoms with Gasteiger partial charge in [0.25, 0.3) is 5.91 Å². The molecule has 2 aromatic rings. The zero-order valence-corrected chi connectivity index (χ0v) is 14.4. The highest BCUT2D eigenvalue weighted by atomic mass is 16.6. The van der Waals surface area contributed by atoms with Crippen molar-refractivity contribution in [1.82, 2.24) is 5.32 Å². The first-order valence-corrected chi connectivity index (χ1v) is 7.91. The molecule has 0 fully saturated rings. The first kappa shape index (κ1) is 18.3. The molecule has 2 aromatic carbocycles. The van der Waals surface area contributed by atoms with E-state index in [9.17, 15) is 4.79 Å². The van der Waals surface area contributed by atoms with Crippen molar-refractivity contribution in [2.45, 2.75) is 6.42 Å². The van der Waals surface area contributed by atoms with Gasteiger partial charge in [-0.2, -0.15) is 0 Å². The van der Waals surface area contributed by atoms with Gasteiger partial charge < -0.3 is 19.6 Å². The van der Waals surface area contributed by atoms with Crippen molar-refractivity contribution >= 4 is 12.1 Å². The number of amides is 1. The zero-order valence-electron chi connectivity index (χ0n) is 14.4. The number of nitrogens with zero attached hydrogens (tertiary/aromatic N) is 1. The smallest absolute Gasteiger partial charge is 0.260 e. The van der Waals surface area contributed by atoms with E-state index in [-0.39, 0.29) is 12.5 Å². The maximum atomic E-state index is 11.7. The number of oxime groups is 1. The Morgan fingerprint density at radius 2 is 1.84 bits per heavy atom. The molecule has 6 nitrogen and oxygen atoms in total. The molecule has 0 aliphatic heterocycles. The molecule has 0 aliphatic rings. The number of hydrogen-bond acceptors (Lipinski definition) is 5. The van der Waals surface area contributed by atoms with Crippen LogP contribution in [0.4, 0.5) is 0 Å². The third kappa shape index (κ3) is 6.18. The lowest BCUT2D eigenvalue weighted by Gasteiger charge is -2.07. The minimum absolute atomic E-state index is 0.126. The van der Waals surface area contributed by atoms with Crippen LogP contribution in [0.25, 0.3) is 0 Å². The number of methoxy groups -OCH3 is 2. The Labute approximate surface area is 147 Å². The average molecular weight is 342 g/mol. The fourth-order valence-corrected chi connectivity index (χ4v) is 2.17. The van der Waals surface area contributed by atoms with E-state index in [0.717, 1.165) is 12.0 Å². The van der Waals surface area contributed by atoms with Crippen molar-refractivity contribution in [3.8, 4) is 11.5 Å². The van der Waals surface area contributed by atoms with Crippen LogP contribution in [0, 0.1) is 0 Å². The largest absolute Gasteiger partial charge is 0.493 e. The predicted octanol–water partition coefficient (Wildman–Crippen LogP) is 2.41. The van der Waals surface area contributed by atoms with Crippen molar-refractivity contribution in [1.29, 1.82) is 0 Å². The fourth-order valence-electron chi connectivity index (χ4n) is 2.17. The van der Waals surface area contributed by atoms with Gasteiger partial charge in [-0.15, -0.1) is 0 Å². The number of rotatable bonds is 9. The van der Waals surface area contributed by atoms with Crippen LogP contribution in [0.1, 0.15) is 11.1 Å². The first-order chi connectivity index (χ1) is 12.2. The third-order valence-electron chi connectivity index (χ3n) is 3.46. The molecule has 6 heteroatoms. The fraction of sp³-hybridized carbons (Fsp3) is 0.263. The molecule has 0 heterocycles. The first-order valence-electron chi connectivity index (χ1n) is 7.91. The van der Waals surface area contributed by atoms with Crippen molar-refractivity contribution in [3.63, 3.8) is 0 Å². The highest BCUT2D eigenvalue weighted by molar-refractivity contribution is 5.81. The van der Waals surface area contributed by atoms with E-state index in [4.69, 9.17) is 14.3 Å². The Balaban J connectivity index is 1.70. The Morgan fingerprint density at radius 3 is 2.56 bits per heavy atom. The van der Waals surface area contributed by atoms with E-state index >= 15 is 0 Å². The molecule has 2 rings (SSSR count). The standard InChI is InChI=1S/C19H22N2O4/c1-23-17-9-8-16(12-18(17)24-2)13-21-25-14-19(22)20-11-10-15-6-4-3-5-7-15/h3-9,12-13H,10-11,14H2,1-2H3,(H,20,22)/b21-13-. The molecule has 1 amide bonds. The van der Waals surface area contributed by atoms with Crippen LogP contribution in [-0.4, -0.2) is 39.5 Å². The van der Waals surface area contributed by atoms with Crippen LogP contribution in [0.5, 0.6) is 11.5 Å². The normalized spacial score (nSPS) is 10.5. The van der Waals surface area contributed by atoms with Crippen molar-refractivity contribution in [3.05, 3.63) is 59.7 Å². The molecule has 0 spiro atoms. The quantitative estimate of drug-likeness (QED) is 0.561. The highest BCUT2D eigenvalue weighted by Gasteiger charge is 2.04. The van der Waals surface area contributed by atoms with Gasteiger partial charge in [0, 0.05) is 12.1 Å². The zero-order chi connectivity index (χ0) is 17.9. The second-order valence-corrected chi connectivity index (χ2v) is 5.21. The molecule has 0 saturated heterocycles. The summed E-state index contributed by atoms with van der Waals surface area (Å²) in [5.41, 5.74) is 1.96. The second-order valence-electron chi connectivity index (χ2n) is 5.21. The average Bonchev–Trinajstić information content (AvgIpc) is 2.66. The summed E-state index contributed by atoms with van der Waals surface area (Å²) in [6.45, 7) is 0.435. The van der Waals surface area contributed by atoms with Gasteiger partial charge in [0.05, 0.1) is 20.4 Å². The summed E-state index contributed by atoms with van der Waals surface area (Å²) < 4.78 is 10.4. The Morgan fingerprint density at radius 1 is 1.08 bits per heavy atom. The van der Waals surface area contributed by atoms with Gasteiger partial charge in [0.2, 0.25) is 0 Å². The maximum absolute atomic E-state index is 11.7. The van der Waals surface area contributed by atoms with Gasteiger partial charge in [0.1, 0.15) is 0 Å². The van der Waals surface area contributed by atoms with E-state index in [1.807, 2.05) is 36.4 Å². The summed E-state index contributed by atoms with van der Waals surface area (Å²) in [4.78, 5) is 16.7. The topological polar surface area (TPSA) is 69.2 Å². The van der Waals surface area contributed by atoms with Crippen LogP contribution in [-0.2, 0) is 16.1 Å². The second kappa shape index (κ2) is 9.97. The summed E-state index contributed by atoms with van der Waals surface area (Å²) >= 11 is 0. The van der Waals surface area contributed by atoms with Crippen molar-refractivity contribution in [2.75, 3.05) is 27.4 Å². The number of benzene rings is 2. The van der Waals surface area contributed by atoms with Gasteiger partial charge >= 0.3 is 0 Å². The lowest BCUT2D eigenvalue weighted by molar-refractivity contribution is -0.125. The molecule has 0 radical (unpaired) electrons. The number of carbonyl (C=O) groups excluding carboxylic acids is 1. The molecule has 25 heavy (non-hydrogen) atoms. The summed E-state index contributed by atoms with van der Waals surface area (Å²) in [7, 11) is 3.14. The van der Waals surface area contributed by atoms with Crippen LogP contribution >= 0.6 is 0 Å². The summed E-state index contributed by atoms with van der Waals surface area (Å²) in [5.74, 6) is 1.03. The van der Waals surface area contributed by atoms with E-state index in [0.29, 0.717) is 18.0 Å². The van der Waals surface area contributed by atoms with Crippen LogP contribution in [0.2, 0.25) is 0 Å². The Kier molecular flexibility index (Phi) is 7.31. The lowest BCUT2D eigenvalue weighted by Crippen LogP contribution is -2.28. The maximum Gasteiger partial charge on any atom is 0.260 e. The monoisotopic (exact) mass is 342 g/mol. The highest BCUT2D eigenvalue weighted by Crippen LogP contribution is 2.26.